The molecule has 3 aliphatic rings. The van der Waals surface area contributed by atoms with E-state index in [4.69, 9.17) is 17.3 Å². The van der Waals surface area contributed by atoms with E-state index >= 15 is 0 Å². The summed E-state index contributed by atoms with van der Waals surface area (Å²) in [4.78, 5) is 16.0. The van der Waals surface area contributed by atoms with Crippen LogP contribution in [0.2, 0.25) is 0 Å². The van der Waals surface area contributed by atoms with E-state index < -0.39 is 5.60 Å². The zero-order valence-corrected chi connectivity index (χ0v) is 27.3. The third kappa shape index (κ3) is 7.27. The predicted molar refractivity (Wildman–Crippen MR) is 172 cm³/mol. The van der Waals surface area contributed by atoms with Crippen molar-refractivity contribution >= 4 is 37.2 Å². The van der Waals surface area contributed by atoms with Gasteiger partial charge in [-0.1, -0.05) is 77.9 Å². The molecule has 219 valence electrons. The number of nitrogens with one attached hydrogen (secondary N) is 1. The van der Waals surface area contributed by atoms with Gasteiger partial charge in [0.05, 0.1) is 11.0 Å². The highest BCUT2D eigenvalue weighted by Gasteiger charge is 2.54. The maximum Gasteiger partial charge on any atom is 0.330 e. The lowest BCUT2D eigenvalue weighted by Gasteiger charge is -2.43. The molecule has 1 saturated carbocycles. The fraction of sp³-hybridized carbons (Fsp3) is 0.788. The molecular formula is C33H56BN2O2S. The van der Waals surface area contributed by atoms with Crippen LogP contribution in [-0.2, 0) is 14.9 Å². The van der Waals surface area contributed by atoms with Gasteiger partial charge in [0, 0.05) is 16.5 Å². The van der Waals surface area contributed by atoms with Gasteiger partial charge in [0.15, 0.2) is 0 Å². The fourth-order valence-electron chi connectivity index (χ4n) is 6.15. The maximum absolute atomic E-state index is 13.8. The van der Waals surface area contributed by atoms with Crippen molar-refractivity contribution in [3.63, 3.8) is 0 Å². The van der Waals surface area contributed by atoms with Gasteiger partial charge in [-0.05, 0) is 95.9 Å². The number of thiol groups is 1. The van der Waals surface area contributed by atoms with Crippen LogP contribution in [0.3, 0.4) is 0 Å². The molecule has 1 aliphatic carbocycles. The Balaban J connectivity index is 0.000000459. The topological polar surface area (TPSA) is 41.6 Å². The second-order valence-corrected chi connectivity index (χ2v) is 15.3. The number of rotatable bonds is 10. The monoisotopic (exact) mass is 555 g/mol. The van der Waals surface area contributed by atoms with E-state index in [1.807, 2.05) is 7.48 Å². The van der Waals surface area contributed by atoms with Gasteiger partial charge in [0.1, 0.15) is 0 Å². The lowest BCUT2D eigenvalue weighted by Crippen LogP contribution is -2.53. The zero-order chi connectivity index (χ0) is 29.1. The molecule has 6 heteroatoms. The first kappa shape index (κ1) is 32.5. The van der Waals surface area contributed by atoms with Crippen molar-refractivity contribution < 1.29 is 9.45 Å². The molecular weight excluding hydrogens is 499 g/mol. The van der Waals surface area contributed by atoms with Crippen LogP contribution in [-0.4, -0.2) is 42.9 Å². The normalized spacial score (nSPS) is 22.7. The minimum absolute atomic E-state index is 0.276. The smallest absolute Gasteiger partial charge is 0.330 e. The number of piperidine rings is 1. The second kappa shape index (κ2) is 12.9. The molecule has 1 aromatic rings. The molecule has 4 nitrogen and oxygen atoms in total. The largest absolute Gasteiger partial charge is 0.428 e. The highest BCUT2D eigenvalue weighted by atomic mass is 32.1. The van der Waals surface area contributed by atoms with E-state index in [1.165, 1.54) is 37.7 Å². The first-order valence-corrected chi connectivity index (χ1v) is 16.1. The van der Waals surface area contributed by atoms with Crippen LogP contribution >= 0.6 is 12.6 Å². The van der Waals surface area contributed by atoms with Gasteiger partial charge >= 0.3 is 7.48 Å². The number of hydrogen-bond acceptors (Lipinski definition) is 4. The van der Waals surface area contributed by atoms with Crippen LogP contribution in [0, 0.1) is 11.3 Å². The summed E-state index contributed by atoms with van der Waals surface area (Å²) in [6, 6.07) is 6.83. The highest BCUT2D eigenvalue weighted by Crippen LogP contribution is 2.50. The van der Waals surface area contributed by atoms with E-state index in [2.05, 4.69) is 90.7 Å². The van der Waals surface area contributed by atoms with Gasteiger partial charge in [-0.2, -0.15) is 12.6 Å². The van der Waals surface area contributed by atoms with E-state index in [9.17, 15) is 4.79 Å². The Labute approximate surface area is 246 Å². The first-order valence-electron chi connectivity index (χ1n) is 15.6. The summed E-state index contributed by atoms with van der Waals surface area (Å²) in [5.41, 5.74) is 3.19. The molecule has 0 atom stereocenters. The first-order chi connectivity index (χ1) is 18.2. The molecule has 2 fully saturated rings. The van der Waals surface area contributed by atoms with Crippen molar-refractivity contribution in [1.29, 1.82) is 0 Å². The molecule has 1 aromatic carbocycles. The Kier molecular flexibility index (Phi) is 10.8. The summed E-state index contributed by atoms with van der Waals surface area (Å²) >= 11 is 4.71. The lowest BCUT2D eigenvalue weighted by molar-refractivity contribution is -0.125. The summed E-state index contributed by atoms with van der Waals surface area (Å²) < 4.78 is 5.90. The molecule has 2 heterocycles. The van der Waals surface area contributed by atoms with Crippen molar-refractivity contribution in [1.82, 2.24) is 5.32 Å². The second-order valence-electron chi connectivity index (χ2n) is 14.1. The summed E-state index contributed by atoms with van der Waals surface area (Å²) in [7, 11) is 1.84. The van der Waals surface area contributed by atoms with Crippen molar-refractivity contribution in [2.75, 3.05) is 18.0 Å². The number of carbonyl (C=O) groups is 1. The third-order valence-electron chi connectivity index (χ3n) is 10.0. The Morgan fingerprint density at radius 3 is 2.21 bits per heavy atom. The van der Waals surface area contributed by atoms with Crippen LogP contribution in [0.1, 0.15) is 126 Å². The van der Waals surface area contributed by atoms with Crippen LogP contribution in [0.5, 0.6) is 0 Å². The van der Waals surface area contributed by atoms with Crippen LogP contribution < -0.4 is 15.7 Å². The molecule has 0 aromatic heterocycles. The zero-order valence-electron chi connectivity index (χ0n) is 26.5. The van der Waals surface area contributed by atoms with Gasteiger partial charge in [-0.15, -0.1) is 0 Å². The number of fused-ring (bicyclic) bond motifs is 2. The Morgan fingerprint density at radius 1 is 1.05 bits per heavy atom. The standard InChI is InChI=1S/C25H38BN2O2S.C8H18/c1-6-7-17-14-19(15-17)28-21-16-18(26-30-23(2,3)24(4,5)31)8-9-20(21)25(22(28)29)10-12-27-13-11-25;1-5-7-8(3,4)6-2/h8-9,16-17,19,27,31H,6-7,10-15H2,1-5H3;5-7H2,1-4H3. The van der Waals surface area contributed by atoms with Crippen molar-refractivity contribution in [2.24, 2.45) is 11.3 Å². The molecule has 1 N–H and O–H groups in total. The van der Waals surface area contributed by atoms with Crippen molar-refractivity contribution in [2.45, 2.75) is 142 Å². The van der Waals surface area contributed by atoms with Gasteiger partial charge in [-0.3, -0.25) is 4.79 Å². The molecule has 2 aliphatic heterocycles. The molecule has 39 heavy (non-hydrogen) atoms. The summed E-state index contributed by atoms with van der Waals surface area (Å²) in [6.45, 7) is 21.5. The third-order valence-corrected chi connectivity index (χ3v) is 10.5. The summed E-state index contributed by atoms with van der Waals surface area (Å²) in [6.07, 6.45) is 10.5. The summed E-state index contributed by atoms with van der Waals surface area (Å²) in [5, 5.41) is 3.44. The molecule has 1 radical (unpaired) electrons. The van der Waals surface area contributed by atoms with Crippen molar-refractivity contribution in [3.05, 3.63) is 23.8 Å². The molecule has 1 amide bonds. The average molecular weight is 556 g/mol. The predicted octanol–water partition coefficient (Wildman–Crippen LogP) is 7.20. The van der Waals surface area contributed by atoms with E-state index in [0.717, 1.165) is 55.8 Å². The van der Waals surface area contributed by atoms with Crippen LogP contribution in [0.4, 0.5) is 5.69 Å². The average Bonchev–Trinajstić information content (AvgIpc) is 3.07. The van der Waals surface area contributed by atoms with Crippen LogP contribution in [0.15, 0.2) is 18.2 Å². The summed E-state index contributed by atoms with van der Waals surface area (Å²) in [5.74, 6) is 1.10. The van der Waals surface area contributed by atoms with Crippen LogP contribution in [0.25, 0.3) is 0 Å². The van der Waals surface area contributed by atoms with Gasteiger partial charge in [0.2, 0.25) is 5.91 Å². The number of carbonyl (C=O) groups excluding carboxylic acids is 1. The fourth-order valence-corrected chi connectivity index (χ4v) is 6.20. The Bertz CT molecular complexity index is 959. The van der Waals surface area contributed by atoms with E-state index in [0.29, 0.717) is 17.4 Å². The maximum atomic E-state index is 13.8. The van der Waals surface area contributed by atoms with E-state index in [1.54, 1.807) is 0 Å². The number of anilines is 1. The Morgan fingerprint density at radius 2 is 1.69 bits per heavy atom. The minimum atomic E-state index is -0.414. The quantitative estimate of drug-likeness (QED) is 0.237. The Hall–Kier alpha value is -0.975. The number of nitrogens with zero attached hydrogens (tertiary/aromatic N) is 1. The highest BCUT2D eigenvalue weighted by molar-refractivity contribution is 7.81. The number of hydrogen-bond donors (Lipinski definition) is 2. The number of benzene rings is 1. The molecule has 1 saturated heterocycles. The number of amides is 1. The molecule has 0 unspecified atom stereocenters. The van der Waals surface area contributed by atoms with E-state index in [-0.39, 0.29) is 10.2 Å². The SMILES string of the molecule is CCCC(C)(C)CC.CCCC1CC(N2C(=O)C3(CCNCC3)c3ccc([B]OC(C)(C)C(C)(C)S)cc32)C1. The molecule has 1 spiro atoms. The lowest BCUT2D eigenvalue weighted by atomic mass is 9.73. The molecule has 4 rings (SSSR count). The van der Waals surface area contributed by atoms with Gasteiger partial charge < -0.3 is 14.9 Å². The van der Waals surface area contributed by atoms with Gasteiger partial charge in [-0.25, -0.2) is 0 Å². The molecule has 0 bridgehead atoms. The van der Waals surface area contributed by atoms with Crippen molar-refractivity contribution in [3.8, 4) is 0 Å². The minimum Gasteiger partial charge on any atom is -0.428 e. The van der Waals surface area contributed by atoms with Gasteiger partial charge in [0.25, 0.3) is 0 Å².